The first-order chi connectivity index (χ1) is 16.2. The SMILES string of the molecule is CCCOc1ccc(/C=c2\sc3nc([C@H]4COc5ccccc5O4)nn3c2=O)cc1OCC. The van der Waals surface area contributed by atoms with Crippen LogP contribution in [0.3, 0.4) is 0 Å². The van der Waals surface area contributed by atoms with Gasteiger partial charge in [0.25, 0.3) is 5.56 Å². The molecule has 4 aromatic rings. The number of rotatable bonds is 7. The summed E-state index contributed by atoms with van der Waals surface area (Å²) in [6.45, 7) is 5.40. The Balaban J connectivity index is 1.43. The molecule has 1 aliphatic rings. The van der Waals surface area contributed by atoms with E-state index in [0.717, 1.165) is 12.0 Å². The highest BCUT2D eigenvalue weighted by atomic mass is 32.1. The number of benzene rings is 2. The van der Waals surface area contributed by atoms with Gasteiger partial charge in [-0.1, -0.05) is 36.5 Å². The lowest BCUT2D eigenvalue weighted by atomic mass is 10.2. The van der Waals surface area contributed by atoms with Gasteiger partial charge in [0.05, 0.1) is 17.7 Å². The Labute approximate surface area is 194 Å². The fourth-order valence-corrected chi connectivity index (χ4v) is 4.41. The van der Waals surface area contributed by atoms with Crippen LogP contribution in [0.15, 0.2) is 47.3 Å². The van der Waals surface area contributed by atoms with Crippen LogP contribution in [-0.4, -0.2) is 34.4 Å². The van der Waals surface area contributed by atoms with Gasteiger partial charge in [0.2, 0.25) is 4.96 Å². The highest BCUT2D eigenvalue weighted by Gasteiger charge is 2.27. The van der Waals surface area contributed by atoms with Gasteiger partial charge in [-0.2, -0.15) is 9.50 Å². The summed E-state index contributed by atoms with van der Waals surface area (Å²) in [5, 5.41) is 4.40. The molecule has 0 radical (unpaired) electrons. The number of para-hydroxylation sites is 2. The normalized spacial score (nSPS) is 15.7. The lowest BCUT2D eigenvalue weighted by Gasteiger charge is -2.24. The Morgan fingerprint density at radius 1 is 1.15 bits per heavy atom. The van der Waals surface area contributed by atoms with E-state index < -0.39 is 6.10 Å². The molecular formula is C24H23N3O5S. The molecule has 1 aliphatic heterocycles. The molecule has 0 fully saturated rings. The van der Waals surface area contributed by atoms with E-state index in [9.17, 15) is 4.79 Å². The first-order valence-corrected chi connectivity index (χ1v) is 11.7. The third-order valence-electron chi connectivity index (χ3n) is 5.02. The molecule has 0 amide bonds. The average Bonchev–Trinajstić information content (AvgIpc) is 3.38. The third-order valence-corrected chi connectivity index (χ3v) is 5.98. The van der Waals surface area contributed by atoms with E-state index in [4.69, 9.17) is 18.9 Å². The molecule has 0 N–H and O–H groups in total. The quantitative estimate of drug-likeness (QED) is 0.414. The van der Waals surface area contributed by atoms with Gasteiger partial charge in [0, 0.05) is 0 Å². The molecule has 0 bridgehead atoms. The zero-order valence-corrected chi connectivity index (χ0v) is 19.1. The monoisotopic (exact) mass is 465 g/mol. The Hall–Kier alpha value is -3.59. The Morgan fingerprint density at radius 2 is 2.00 bits per heavy atom. The maximum Gasteiger partial charge on any atom is 0.291 e. The topological polar surface area (TPSA) is 84.2 Å². The first kappa shape index (κ1) is 21.3. The number of thiazole rings is 1. The molecule has 5 rings (SSSR count). The Bertz CT molecular complexity index is 1400. The van der Waals surface area contributed by atoms with Gasteiger partial charge in [-0.15, -0.1) is 5.10 Å². The second-order valence-corrected chi connectivity index (χ2v) is 8.44. The van der Waals surface area contributed by atoms with Crippen molar-refractivity contribution < 1.29 is 18.9 Å². The molecule has 0 unspecified atom stereocenters. The number of aromatic nitrogens is 3. The summed E-state index contributed by atoms with van der Waals surface area (Å²) in [5.74, 6) is 3.11. The Morgan fingerprint density at radius 3 is 2.79 bits per heavy atom. The van der Waals surface area contributed by atoms with Gasteiger partial charge in [-0.05, 0) is 49.2 Å². The first-order valence-electron chi connectivity index (χ1n) is 10.9. The number of hydrogen-bond donors (Lipinski definition) is 0. The molecule has 0 saturated heterocycles. The van der Waals surface area contributed by atoms with Crippen molar-refractivity contribution in [1.29, 1.82) is 0 Å². The molecule has 0 aliphatic carbocycles. The van der Waals surface area contributed by atoms with Crippen molar-refractivity contribution in [1.82, 2.24) is 14.6 Å². The van der Waals surface area contributed by atoms with Crippen LogP contribution < -0.4 is 29.0 Å². The zero-order chi connectivity index (χ0) is 22.8. The predicted molar refractivity (Wildman–Crippen MR) is 125 cm³/mol. The molecule has 2 aromatic carbocycles. The van der Waals surface area contributed by atoms with E-state index in [-0.39, 0.29) is 12.2 Å². The summed E-state index contributed by atoms with van der Waals surface area (Å²) < 4.78 is 25.0. The molecular weight excluding hydrogens is 442 g/mol. The second kappa shape index (κ2) is 9.11. The lowest BCUT2D eigenvalue weighted by molar-refractivity contribution is 0.0852. The van der Waals surface area contributed by atoms with Crippen LogP contribution in [0, 0.1) is 0 Å². The van der Waals surface area contributed by atoms with Crippen LogP contribution in [0.1, 0.15) is 37.8 Å². The summed E-state index contributed by atoms with van der Waals surface area (Å²) >= 11 is 1.28. The summed E-state index contributed by atoms with van der Waals surface area (Å²) in [6.07, 6.45) is 2.25. The fourth-order valence-electron chi connectivity index (χ4n) is 3.50. The van der Waals surface area contributed by atoms with Crippen LogP contribution in [-0.2, 0) is 0 Å². The van der Waals surface area contributed by atoms with Crippen LogP contribution >= 0.6 is 11.3 Å². The molecule has 2 aromatic heterocycles. The van der Waals surface area contributed by atoms with E-state index in [2.05, 4.69) is 17.0 Å². The highest BCUT2D eigenvalue weighted by Crippen LogP contribution is 2.35. The van der Waals surface area contributed by atoms with Gasteiger partial charge in [-0.25, -0.2) is 0 Å². The molecule has 170 valence electrons. The van der Waals surface area contributed by atoms with Crippen molar-refractivity contribution in [2.45, 2.75) is 26.4 Å². The minimum atomic E-state index is -0.469. The molecule has 3 heterocycles. The van der Waals surface area contributed by atoms with Gasteiger partial charge >= 0.3 is 0 Å². The standard InChI is InChI=1S/C24H23N3O5S/c1-3-11-30-17-10-9-15(12-19(17)29-4-2)13-21-23(28)27-24(33-21)25-22(26-27)20-14-31-16-7-5-6-8-18(16)32-20/h5-10,12-13,20H,3-4,11,14H2,1-2H3/b21-13-/t20-/m1/s1. The number of fused-ring (bicyclic) bond motifs is 2. The van der Waals surface area contributed by atoms with Gasteiger partial charge < -0.3 is 18.9 Å². The largest absolute Gasteiger partial charge is 0.490 e. The smallest absolute Gasteiger partial charge is 0.291 e. The maximum atomic E-state index is 13.0. The van der Waals surface area contributed by atoms with E-state index in [1.807, 2.05) is 55.5 Å². The number of hydrogen-bond acceptors (Lipinski definition) is 8. The molecule has 0 spiro atoms. The van der Waals surface area contributed by atoms with Crippen molar-refractivity contribution in [2.24, 2.45) is 0 Å². The summed E-state index contributed by atoms with van der Waals surface area (Å²) in [6, 6.07) is 13.1. The predicted octanol–water partition coefficient (Wildman–Crippen LogP) is 3.40. The van der Waals surface area contributed by atoms with Crippen molar-refractivity contribution in [3.63, 3.8) is 0 Å². The number of nitrogens with zero attached hydrogens (tertiary/aromatic N) is 3. The van der Waals surface area contributed by atoms with Gasteiger partial charge in [-0.3, -0.25) is 4.79 Å². The van der Waals surface area contributed by atoms with E-state index in [1.165, 1.54) is 15.9 Å². The fraction of sp³-hybridized carbons (Fsp3) is 0.292. The van der Waals surface area contributed by atoms with E-state index >= 15 is 0 Å². The van der Waals surface area contributed by atoms with Gasteiger partial charge in [0.15, 0.2) is 34.9 Å². The van der Waals surface area contributed by atoms with Crippen molar-refractivity contribution in [3.05, 3.63) is 68.7 Å². The van der Waals surface area contributed by atoms with Crippen LogP contribution in [0.2, 0.25) is 0 Å². The van der Waals surface area contributed by atoms with Crippen LogP contribution in [0.4, 0.5) is 0 Å². The van der Waals surface area contributed by atoms with E-state index in [1.54, 1.807) is 0 Å². The molecule has 8 nitrogen and oxygen atoms in total. The third kappa shape index (κ3) is 4.23. The van der Waals surface area contributed by atoms with Crippen LogP contribution in [0.5, 0.6) is 23.0 Å². The zero-order valence-electron chi connectivity index (χ0n) is 18.3. The van der Waals surface area contributed by atoms with Gasteiger partial charge in [0.1, 0.15) is 6.61 Å². The van der Waals surface area contributed by atoms with Crippen molar-refractivity contribution >= 4 is 22.4 Å². The second-order valence-electron chi connectivity index (χ2n) is 7.43. The molecule has 9 heteroatoms. The Kier molecular flexibility index (Phi) is 5.87. The molecule has 1 atom stereocenters. The molecule has 33 heavy (non-hydrogen) atoms. The van der Waals surface area contributed by atoms with E-state index in [0.29, 0.717) is 51.5 Å². The van der Waals surface area contributed by atoms with Crippen molar-refractivity contribution in [2.75, 3.05) is 19.8 Å². The average molecular weight is 466 g/mol. The highest BCUT2D eigenvalue weighted by molar-refractivity contribution is 7.15. The molecule has 0 saturated carbocycles. The summed E-state index contributed by atoms with van der Waals surface area (Å²) in [4.78, 5) is 18.0. The lowest BCUT2D eigenvalue weighted by Crippen LogP contribution is -2.26. The minimum Gasteiger partial charge on any atom is -0.490 e. The van der Waals surface area contributed by atoms with Crippen LogP contribution in [0.25, 0.3) is 11.0 Å². The summed E-state index contributed by atoms with van der Waals surface area (Å²) in [7, 11) is 0. The minimum absolute atomic E-state index is 0.227. The maximum absolute atomic E-state index is 13.0. The van der Waals surface area contributed by atoms with Crippen molar-refractivity contribution in [3.8, 4) is 23.0 Å². The number of ether oxygens (including phenoxy) is 4. The summed E-state index contributed by atoms with van der Waals surface area (Å²) in [5.41, 5.74) is 0.611.